The first kappa shape index (κ1) is 13.3. The van der Waals surface area contributed by atoms with Crippen LogP contribution in [0.2, 0.25) is 0 Å². The molecular formula is C13H19N5O. The van der Waals surface area contributed by atoms with Crippen LogP contribution in [-0.2, 0) is 0 Å². The average Bonchev–Trinajstić information content (AvgIpc) is 2.83. The van der Waals surface area contributed by atoms with Gasteiger partial charge in [0.15, 0.2) is 0 Å². The van der Waals surface area contributed by atoms with E-state index in [1.54, 1.807) is 18.6 Å². The second-order valence-corrected chi connectivity index (χ2v) is 4.39. The van der Waals surface area contributed by atoms with Crippen LogP contribution >= 0.6 is 0 Å². The summed E-state index contributed by atoms with van der Waals surface area (Å²) in [5.74, 6) is 2.91. The van der Waals surface area contributed by atoms with Gasteiger partial charge in [0.1, 0.15) is 23.4 Å². The van der Waals surface area contributed by atoms with Gasteiger partial charge in [0.2, 0.25) is 5.89 Å². The van der Waals surface area contributed by atoms with Crippen molar-refractivity contribution in [1.29, 1.82) is 0 Å². The van der Waals surface area contributed by atoms with Crippen LogP contribution in [0.5, 0.6) is 0 Å². The molecule has 2 aromatic heterocycles. The summed E-state index contributed by atoms with van der Waals surface area (Å²) in [5.41, 5.74) is 0. The van der Waals surface area contributed by atoms with Crippen LogP contribution in [0.4, 0.5) is 11.6 Å². The third-order valence-electron chi connectivity index (χ3n) is 2.56. The fourth-order valence-electron chi connectivity index (χ4n) is 1.63. The zero-order chi connectivity index (χ0) is 13.7. The maximum absolute atomic E-state index is 5.48. The zero-order valence-electron chi connectivity index (χ0n) is 11.5. The molecule has 2 aromatic rings. The van der Waals surface area contributed by atoms with Gasteiger partial charge < -0.3 is 15.1 Å². The number of nitrogens with one attached hydrogen (secondary N) is 2. The van der Waals surface area contributed by atoms with Crippen molar-refractivity contribution in [3.63, 3.8) is 0 Å². The van der Waals surface area contributed by atoms with E-state index in [-0.39, 0.29) is 6.04 Å². The molecule has 0 aliphatic carbocycles. The van der Waals surface area contributed by atoms with E-state index in [0.717, 1.165) is 24.5 Å². The van der Waals surface area contributed by atoms with Gasteiger partial charge in [-0.25, -0.2) is 9.97 Å². The van der Waals surface area contributed by atoms with Crippen molar-refractivity contribution in [2.24, 2.45) is 0 Å². The highest BCUT2D eigenvalue weighted by molar-refractivity contribution is 5.42. The Morgan fingerprint density at radius 2 is 2.05 bits per heavy atom. The van der Waals surface area contributed by atoms with Crippen LogP contribution in [-0.4, -0.2) is 21.5 Å². The number of rotatable bonds is 6. The molecule has 6 heteroatoms. The number of aryl methyl sites for hydroxylation is 1. The van der Waals surface area contributed by atoms with E-state index in [2.05, 4.69) is 32.5 Å². The summed E-state index contributed by atoms with van der Waals surface area (Å²) in [5, 5.41) is 6.42. The van der Waals surface area contributed by atoms with Crippen LogP contribution in [0.25, 0.3) is 0 Å². The number of hydrogen-bond acceptors (Lipinski definition) is 6. The van der Waals surface area contributed by atoms with Crippen LogP contribution in [0.3, 0.4) is 0 Å². The van der Waals surface area contributed by atoms with Crippen molar-refractivity contribution in [3.8, 4) is 0 Å². The molecule has 0 aliphatic heterocycles. The van der Waals surface area contributed by atoms with E-state index < -0.39 is 0 Å². The Hall–Kier alpha value is -2.11. The van der Waals surface area contributed by atoms with Gasteiger partial charge in [-0.15, -0.1) is 0 Å². The smallest absolute Gasteiger partial charge is 0.216 e. The second kappa shape index (κ2) is 6.17. The van der Waals surface area contributed by atoms with Gasteiger partial charge in [0, 0.05) is 6.54 Å². The molecule has 0 fully saturated rings. The molecule has 102 valence electrons. The zero-order valence-corrected chi connectivity index (χ0v) is 11.5. The van der Waals surface area contributed by atoms with Crippen molar-refractivity contribution in [3.05, 3.63) is 30.2 Å². The first-order chi connectivity index (χ1) is 9.19. The van der Waals surface area contributed by atoms with Gasteiger partial charge in [0.25, 0.3) is 0 Å². The van der Waals surface area contributed by atoms with Gasteiger partial charge in [-0.2, -0.15) is 0 Å². The quantitative estimate of drug-likeness (QED) is 0.832. The van der Waals surface area contributed by atoms with Gasteiger partial charge in [-0.1, -0.05) is 6.92 Å². The van der Waals surface area contributed by atoms with Gasteiger partial charge in [-0.05, 0) is 20.3 Å². The van der Waals surface area contributed by atoms with Crippen molar-refractivity contribution in [2.75, 3.05) is 17.2 Å². The van der Waals surface area contributed by atoms with Gasteiger partial charge in [0.05, 0.1) is 18.6 Å². The van der Waals surface area contributed by atoms with E-state index in [9.17, 15) is 0 Å². The van der Waals surface area contributed by atoms with E-state index in [4.69, 9.17) is 4.42 Å². The van der Waals surface area contributed by atoms with E-state index in [1.165, 1.54) is 0 Å². The van der Waals surface area contributed by atoms with Gasteiger partial charge in [-0.3, -0.25) is 4.98 Å². The number of aromatic nitrogens is 3. The number of nitrogens with zero attached hydrogens (tertiary/aromatic N) is 3. The lowest BCUT2D eigenvalue weighted by molar-refractivity contribution is 0.453. The largest absolute Gasteiger partial charge is 0.444 e. The minimum absolute atomic E-state index is 0.0515. The van der Waals surface area contributed by atoms with Crippen molar-refractivity contribution >= 4 is 11.6 Å². The first-order valence-corrected chi connectivity index (χ1v) is 6.44. The average molecular weight is 261 g/mol. The minimum Gasteiger partial charge on any atom is -0.444 e. The fraction of sp³-hybridized carbons (Fsp3) is 0.462. The summed E-state index contributed by atoms with van der Waals surface area (Å²) >= 11 is 0. The monoisotopic (exact) mass is 261 g/mol. The summed E-state index contributed by atoms with van der Waals surface area (Å²) in [6.07, 6.45) is 6.15. The lowest BCUT2D eigenvalue weighted by atomic mass is 10.3. The minimum atomic E-state index is -0.0515. The molecule has 0 saturated heterocycles. The van der Waals surface area contributed by atoms with E-state index in [0.29, 0.717) is 11.7 Å². The third-order valence-corrected chi connectivity index (χ3v) is 2.56. The standard InChI is InChI=1S/C13H19N5O/c1-4-5-15-11-7-14-8-12(18-11)17-10(3)13-16-6-9(2)19-13/h6-8,10H,4-5H2,1-3H3,(H2,15,17,18). The molecule has 2 N–H and O–H groups in total. The van der Waals surface area contributed by atoms with Crippen molar-refractivity contribution in [1.82, 2.24) is 15.0 Å². The molecule has 0 aromatic carbocycles. The molecule has 1 atom stereocenters. The Morgan fingerprint density at radius 3 is 2.74 bits per heavy atom. The molecule has 0 aliphatic rings. The predicted molar refractivity (Wildman–Crippen MR) is 74.1 cm³/mol. The van der Waals surface area contributed by atoms with Crippen LogP contribution in [0.1, 0.15) is 38.0 Å². The maximum Gasteiger partial charge on any atom is 0.216 e. The van der Waals surface area contributed by atoms with Crippen LogP contribution in [0.15, 0.2) is 23.0 Å². The summed E-state index contributed by atoms with van der Waals surface area (Å²) < 4.78 is 5.48. The van der Waals surface area contributed by atoms with Crippen LogP contribution in [0, 0.1) is 6.92 Å². The third kappa shape index (κ3) is 3.67. The molecule has 6 nitrogen and oxygen atoms in total. The first-order valence-electron chi connectivity index (χ1n) is 6.44. The summed E-state index contributed by atoms with van der Waals surface area (Å²) in [7, 11) is 0. The highest BCUT2D eigenvalue weighted by Gasteiger charge is 2.12. The highest BCUT2D eigenvalue weighted by atomic mass is 16.4. The van der Waals surface area contributed by atoms with Crippen molar-refractivity contribution < 1.29 is 4.42 Å². The van der Waals surface area contributed by atoms with Gasteiger partial charge >= 0.3 is 0 Å². The normalized spacial score (nSPS) is 12.2. The molecule has 2 rings (SSSR count). The molecule has 0 saturated carbocycles. The Bertz CT molecular complexity index is 525. The van der Waals surface area contributed by atoms with E-state index in [1.807, 2.05) is 13.8 Å². The Kier molecular flexibility index (Phi) is 4.33. The molecule has 2 heterocycles. The highest BCUT2D eigenvalue weighted by Crippen LogP contribution is 2.17. The molecular weight excluding hydrogens is 242 g/mol. The number of anilines is 2. The SMILES string of the molecule is CCCNc1cncc(NC(C)c2ncc(C)o2)n1. The second-order valence-electron chi connectivity index (χ2n) is 4.39. The summed E-state index contributed by atoms with van der Waals surface area (Å²) in [6, 6.07) is -0.0515. The molecule has 19 heavy (non-hydrogen) atoms. The maximum atomic E-state index is 5.48. The number of hydrogen-bond donors (Lipinski definition) is 2. The lowest BCUT2D eigenvalue weighted by Gasteiger charge is -2.12. The van der Waals surface area contributed by atoms with Crippen LogP contribution < -0.4 is 10.6 Å². The van der Waals surface area contributed by atoms with E-state index >= 15 is 0 Å². The number of oxazole rings is 1. The summed E-state index contributed by atoms with van der Waals surface area (Å²) in [6.45, 7) is 6.83. The lowest BCUT2D eigenvalue weighted by Crippen LogP contribution is -2.10. The Morgan fingerprint density at radius 1 is 1.26 bits per heavy atom. The molecule has 0 radical (unpaired) electrons. The fourth-order valence-corrected chi connectivity index (χ4v) is 1.63. The Labute approximate surface area is 112 Å². The van der Waals surface area contributed by atoms with Crippen molar-refractivity contribution in [2.45, 2.75) is 33.2 Å². The Balaban J connectivity index is 2.02. The molecule has 0 bridgehead atoms. The molecule has 0 amide bonds. The topological polar surface area (TPSA) is 75.9 Å². The summed E-state index contributed by atoms with van der Waals surface area (Å²) in [4.78, 5) is 12.8. The molecule has 1 unspecified atom stereocenters. The predicted octanol–water partition coefficient (Wildman–Crippen LogP) is 2.77. The molecule has 0 spiro atoms.